The van der Waals surface area contributed by atoms with Gasteiger partial charge in [-0.3, -0.25) is 0 Å². The lowest BCUT2D eigenvalue weighted by Gasteiger charge is -2.23. The molecule has 2 unspecified atom stereocenters. The van der Waals surface area contributed by atoms with Crippen molar-refractivity contribution < 1.29 is 0 Å². The van der Waals surface area contributed by atoms with Crippen LogP contribution in [-0.4, -0.2) is 10.6 Å². The summed E-state index contributed by atoms with van der Waals surface area (Å²) in [5, 5.41) is 7.24. The zero-order valence-electron chi connectivity index (χ0n) is 38.1. The van der Waals surface area contributed by atoms with Gasteiger partial charge in [0, 0.05) is 38.5 Å². The number of nitrogens with zero attached hydrogens (tertiary/aromatic N) is 1. The Hall–Kier alpha value is -7.13. The molecule has 0 amide bonds. The number of fused-ring (bicyclic) bond motifs is 8. The van der Waals surface area contributed by atoms with Gasteiger partial charge in [0.2, 0.25) is 0 Å². The molecule has 12 rings (SSSR count). The third-order valence-electron chi connectivity index (χ3n) is 14.7. The monoisotopic (exact) mass is 870 g/mol. The highest BCUT2D eigenvalue weighted by Gasteiger charge is 2.35. The summed E-state index contributed by atoms with van der Waals surface area (Å²) in [7, 11) is 0. The van der Waals surface area contributed by atoms with E-state index in [0.29, 0.717) is 5.02 Å². The van der Waals surface area contributed by atoms with Crippen molar-refractivity contribution in [2.75, 3.05) is 5.32 Å². The molecular formula is C63H51ClN2. The number of aromatic nitrogens is 1. The molecule has 0 saturated heterocycles. The fourth-order valence-corrected chi connectivity index (χ4v) is 11.8. The van der Waals surface area contributed by atoms with Gasteiger partial charge in [-0.1, -0.05) is 145 Å². The molecule has 0 spiro atoms. The van der Waals surface area contributed by atoms with Crippen LogP contribution in [0.1, 0.15) is 62.4 Å². The van der Waals surface area contributed by atoms with Crippen molar-refractivity contribution in [3.8, 4) is 50.2 Å². The van der Waals surface area contributed by atoms with E-state index in [1.807, 2.05) is 0 Å². The number of anilines is 1. The third-order valence-corrected chi connectivity index (χ3v) is 14.9. The summed E-state index contributed by atoms with van der Waals surface area (Å²) < 4.78 is 2.54. The molecular weight excluding hydrogens is 820 g/mol. The van der Waals surface area contributed by atoms with Crippen molar-refractivity contribution in [2.24, 2.45) is 0 Å². The minimum atomic E-state index is 0.143. The van der Waals surface area contributed by atoms with Crippen molar-refractivity contribution in [2.45, 2.75) is 59.4 Å². The van der Waals surface area contributed by atoms with Gasteiger partial charge >= 0.3 is 0 Å². The average Bonchev–Trinajstić information content (AvgIpc) is 3.87. The number of hydrogen-bond donors (Lipinski definition) is 1. The van der Waals surface area contributed by atoms with Gasteiger partial charge in [-0.15, -0.1) is 0 Å². The number of aryl methyl sites for hydroxylation is 4. The van der Waals surface area contributed by atoms with Crippen molar-refractivity contribution in [1.82, 2.24) is 4.57 Å². The Balaban J connectivity index is 1.14. The lowest BCUT2D eigenvalue weighted by atomic mass is 9.84. The molecule has 2 aliphatic carbocycles. The van der Waals surface area contributed by atoms with E-state index in [1.165, 1.54) is 122 Å². The number of halogens is 1. The highest BCUT2D eigenvalue weighted by atomic mass is 35.5. The van der Waals surface area contributed by atoms with Crippen molar-refractivity contribution in [3.05, 3.63) is 225 Å². The maximum Gasteiger partial charge on any atom is 0.0616 e. The summed E-state index contributed by atoms with van der Waals surface area (Å²) in [5.41, 5.74) is 27.5. The number of hydrogen-bond acceptors (Lipinski definition) is 1. The fourth-order valence-electron chi connectivity index (χ4n) is 11.6. The van der Waals surface area contributed by atoms with Crippen LogP contribution >= 0.6 is 11.6 Å². The van der Waals surface area contributed by atoms with Gasteiger partial charge in [0.25, 0.3) is 0 Å². The van der Waals surface area contributed by atoms with Crippen molar-refractivity contribution in [3.63, 3.8) is 0 Å². The first-order valence-corrected chi connectivity index (χ1v) is 23.8. The van der Waals surface area contributed by atoms with E-state index in [1.54, 1.807) is 0 Å². The summed E-state index contributed by atoms with van der Waals surface area (Å²) in [6, 6.07) is 53.9. The van der Waals surface area contributed by atoms with Crippen LogP contribution in [0.2, 0.25) is 5.02 Å². The van der Waals surface area contributed by atoms with E-state index in [4.69, 9.17) is 11.6 Å². The quantitative estimate of drug-likeness (QED) is 0.176. The summed E-state index contributed by atoms with van der Waals surface area (Å²) in [4.78, 5) is 0. The van der Waals surface area contributed by atoms with E-state index < -0.39 is 0 Å². The summed E-state index contributed by atoms with van der Waals surface area (Å²) in [6.45, 7) is 11.3. The van der Waals surface area contributed by atoms with E-state index in [2.05, 4.69) is 220 Å². The van der Waals surface area contributed by atoms with Crippen LogP contribution in [0.5, 0.6) is 0 Å². The largest absolute Gasteiger partial charge is 0.377 e. The van der Waals surface area contributed by atoms with Crippen LogP contribution in [0.15, 0.2) is 170 Å². The highest BCUT2D eigenvalue weighted by Crippen LogP contribution is 2.51. The van der Waals surface area contributed by atoms with Crippen LogP contribution in [-0.2, 0) is 6.42 Å². The van der Waals surface area contributed by atoms with Gasteiger partial charge < -0.3 is 9.88 Å². The third kappa shape index (κ3) is 6.45. The number of nitrogens with one attached hydrogen (secondary N) is 1. The van der Waals surface area contributed by atoms with Gasteiger partial charge in [-0.05, 0) is 179 Å². The maximum atomic E-state index is 7.46. The molecule has 3 heteroatoms. The molecule has 0 bridgehead atoms. The second-order valence-corrected chi connectivity index (χ2v) is 19.2. The Morgan fingerprint density at radius 1 is 0.576 bits per heavy atom. The maximum absolute atomic E-state index is 7.46. The summed E-state index contributed by atoms with van der Waals surface area (Å²) in [6.07, 6.45) is 13.9. The molecule has 0 fully saturated rings. The van der Waals surface area contributed by atoms with E-state index in [-0.39, 0.29) is 12.0 Å². The first-order valence-electron chi connectivity index (χ1n) is 23.4. The minimum Gasteiger partial charge on any atom is -0.377 e. The lowest BCUT2D eigenvalue weighted by molar-refractivity contribution is 0.808. The predicted molar refractivity (Wildman–Crippen MR) is 282 cm³/mol. The van der Waals surface area contributed by atoms with Gasteiger partial charge in [0.15, 0.2) is 0 Å². The van der Waals surface area contributed by atoms with Crippen LogP contribution < -0.4 is 5.32 Å². The topological polar surface area (TPSA) is 17.0 Å². The van der Waals surface area contributed by atoms with Crippen molar-refractivity contribution in [1.29, 1.82) is 0 Å². The molecule has 2 nitrogen and oxygen atoms in total. The van der Waals surface area contributed by atoms with Gasteiger partial charge in [-0.25, -0.2) is 0 Å². The Morgan fingerprint density at radius 2 is 1.27 bits per heavy atom. The second kappa shape index (κ2) is 15.8. The highest BCUT2D eigenvalue weighted by molar-refractivity contribution is 6.31. The molecule has 1 aliphatic heterocycles. The van der Waals surface area contributed by atoms with Crippen LogP contribution in [0.4, 0.5) is 5.69 Å². The van der Waals surface area contributed by atoms with Gasteiger partial charge in [-0.2, -0.15) is 0 Å². The van der Waals surface area contributed by atoms with Crippen LogP contribution in [0, 0.1) is 34.6 Å². The van der Waals surface area contributed by atoms with Gasteiger partial charge in [0.05, 0.1) is 22.8 Å². The zero-order chi connectivity index (χ0) is 44.8. The molecule has 2 atom stereocenters. The average molecular weight is 872 g/mol. The summed E-state index contributed by atoms with van der Waals surface area (Å²) >= 11 is 7.46. The number of rotatable bonds is 6. The van der Waals surface area contributed by atoms with Crippen LogP contribution in [0.25, 0.3) is 83.6 Å². The standard InChI is InChI=1S/C63H51ClN2/c1-37-16-14-17-38(2)60(37)45-27-29-58-52(31-45)56-36-53(61-39(3)18-15-19-40(61)4)48-24-12-13-25-49(48)63(56)66(58)59-35-47(64)34-50(41(59)5)54-32-46(43-22-10-7-11-23-43)33-55-51-30-44(42-20-8-6-9-21-42)26-28-57(51)65-62(54)55/h6-11,13-23,25-36,51,57,65H,12,24H2,1-5H3. The first-order chi connectivity index (χ1) is 32.2. The molecule has 320 valence electrons. The first kappa shape index (κ1) is 40.4. The molecule has 2 heterocycles. The van der Waals surface area contributed by atoms with E-state index in [0.717, 1.165) is 24.1 Å². The zero-order valence-corrected chi connectivity index (χ0v) is 38.9. The molecule has 66 heavy (non-hydrogen) atoms. The Kier molecular flexibility index (Phi) is 9.66. The Morgan fingerprint density at radius 3 is 2.00 bits per heavy atom. The molecule has 0 saturated carbocycles. The van der Waals surface area contributed by atoms with Crippen LogP contribution in [0.3, 0.4) is 0 Å². The van der Waals surface area contributed by atoms with Crippen molar-refractivity contribution >= 4 is 50.7 Å². The molecule has 9 aromatic rings. The molecule has 1 N–H and O–H groups in total. The number of benzene rings is 8. The Labute approximate surface area is 393 Å². The lowest BCUT2D eigenvalue weighted by Crippen LogP contribution is -2.18. The Bertz CT molecular complexity index is 3520. The minimum absolute atomic E-state index is 0.143. The fraction of sp³-hybridized carbons (Fsp3) is 0.143. The molecule has 3 aliphatic rings. The predicted octanol–water partition coefficient (Wildman–Crippen LogP) is 17.1. The number of allylic oxidation sites excluding steroid dienone is 3. The molecule has 1 aromatic heterocycles. The normalized spacial score (nSPS) is 16.0. The SMILES string of the molecule is Cc1cccc(C)c1-c1ccc2c(c1)c1cc(-c3c(C)cccc3C)c3c(c1n2-c1cc(Cl)cc(-c2cc(-c4ccccc4)cc4c2NC2C=CC(c5ccccc5)=CC42)c1C)C=CCC3. The second-order valence-electron chi connectivity index (χ2n) is 18.7. The summed E-state index contributed by atoms with van der Waals surface area (Å²) in [5.74, 6) is 0.175. The smallest absolute Gasteiger partial charge is 0.0616 e. The molecule has 0 radical (unpaired) electrons. The van der Waals surface area contributed by atoms with E-state index in [9.17, 15) is 0 Å². The van der Waals surface area contributed by atoms with E-state index >= 15 is 0 Å². The molecule has 8 aromatic carbocycles. The van der Waals surface area contributed by atoms with Gasteiger partial charge in [0.1, 0.15) is 0 Å².